The first kappa shape index (κ1) is 26.2. The molecule has 206 valence electrons. The summed E-state index contributed by atoms with van der Waals surface area (Å²) in [5.41, 5.74) is 7.27. The summed E-state index contributed by atoms with van der Waals surface area (Å²) in [5, 5.41) is 11.3. The molecule has 1 aliphatic heterocycles. The number of aromatic nitrogens is 3. The number of benzene rings is 1. The summed E-state index contributed by atoms with van der Waals surface area (Å²) >= 11 is 0. The van der Waals surface area contributed by atoms with E-state index in [-0.39, 0.29) is 17.4 Å². The summed E-state index contributed by atoms with van der Waals surface area (Å²) in [6, 6.07) is 9.86. The molecule has 0 saturated heterocycles. The van der Waals surface area contributed by atoms with Crippen LogP contribution in [0.25, 0.3) is 11.3 Å². The third kappa shape index (κ3) is 5.63. The van der Waals surface area contributed by atoms with E-state index in [2.05, 4.69) is 41.5 Å². The minimum atomic E-state index is -0.169. The maximum atomic E-state index is 12.9. The number of pyridine rings is 1. The van der Waals surface area contributed by atoms with Crippen molar-refractivity contribution in [2.24, 2.45) is 5.10 Å². The van der Waals surface area contributed by atoms with E-state index in [1.54, 1.807) is 12.3 Å². The van der Waals surface area contributed by atoms with Crippen molar-refractivity contribution in [3.05, 3.63) is 99.1 Å². The molecule has 3 aromatic rings. The fraction of sp³-hybridized carbons (Fsp3) is 0.375. The van der Waals surface area contributed by atoms with Gasteiger partial charge in [-0.3, -0.25) is 19.5 Å². The van der Waals surface area contributed by atoms with E-state index in [0.717, 1.165) is 41.8 Å². The Balaban J connectivity index is 1.11. The van der Waals surface area contributed by atoms with Crippen LogP contribution in [0.5, 0.6) is 5.75 Å². The average molecular weight is 538 g/mol. The van der Waals surface area contributed by atoms with Crippen LogP contribution in [0.1, 0.15) is 61.0 Å². The van der Waals surface area contributed by atoms with Gasteiger partial charge in [-0.1, -0.05) is 43.4 Å². The Labute approximate surface area is 234 Å². The van der Waals surface area contributed by atoms with Gasteiger partial charge in [-0.25, -0.2) is 0 Å². The Morgan fingerprint density at radius 1 is 1.18 bits per heavy atom. The molecule has 0 amide bonds. The monoisotopic (exact) mass is 537 g/mol. The summed E-state index contributed by atoms with van der Waals surface area (Å²) in [6.45, 7) is 7.31. The second kappa shape index (κ2) is 11.6. The number of hydrazone groups is 1. The highest BCUT2D eigenvalue weighted by atomic mass is 16.5. The molecule has 3 aliphatic rings. The summed E-state index contributed by atoms with van der Waals surface area (Å²) in [7, 11) is 0. The lowest BCUT2D eigenvalue weighted by Gasteiger charge is -2.19. The molecule has 3 heterocycles. The van der Waals surface area contributed by atoms with Crippen LogP contribution in [-0.2, 0) is 11.2 Å². The molecule has 2 unspecified atom stereocenters. The summed E-state index contributed by atoms with van der Waals surface area (Å²) in [6.07, 6.45) is 15.2. The fourth-order valence-electron chi connectivity index (χ4n) is 5.35. The third-order valence-electron chi connectivity index (χ3n) is 7.69. The van der Waals surface area contributed by atoms with Gasteiger partial charge in [0.1, 0.15) is 17.5 Å². The number of ether oxygens (including phenoxy) is 2. The Morgan fingerprint density at radius 2 is 2.10 bits per heavy atom. The lowest BCUT2D eigenvalue weighted by molar-refractivity contribution is 0.123. The Hall–Kier alpha value is -4.04. The molecule has 0 N–H and O–H groups in total. The van der Waals surface area contributed by atoms with Crippen molar-refractivity contribution >= 4 is 6.21 Å². The highest BCUT2D eigenvalue weighted by molar-refractivity contribution is 5.73. The van der Waals surface area contributed by atoms with Gasteiger partial charge >= 0.3 is 0 Å². The smallest absolute Gasteiger partial charge is 0.203 e. The van der Waals surface area contributed by atoms with Crippen molar-refractivity contribution in [1.29, 1.82) is 0 Å². The van der Waals surface area contributed by atoms with Crippen LogP contribution in [0.4, 0.5) is 0 Å². The van der Waals surface area contributed by atoms with Crippen LogP contribution in [0.2, 0.25) is 0 Å². The molecule has 1 aromatic carbocycles. The zero-order valence-electron chi connectivity index (χ0n) is 23.1. The first-order valence-electron chi connectivity index (χ1n) is 14.2. The molecule has 40 heavy (non-hydrogen) atoms. The van der Waals surface area contributed by atoms with E-state index < -0.39 is 0 Å². The van der Waals surface area contributed by atoms with Gasteiger partial charge in [0.25, 0.3) is 0 Å². The first-order valence-corrected chi connectivity index (χ1v) is 14.2. The second-order valence-electron chi connectivity index (χ2n) is 10.5. The van der Waals surface area contributed by atoms with Crippen LogP contribution in [0.3, 0.4) is 0 Å². The Morgan fingerprint density at radius 3 is 2.95 bits per heavy atom. The predicted octanol–water partition coefficient (Wildman–Crippen LogP) is 4.90. The lowest BCUT2D eigenvalue weighted by atomic mass is 9.94. The van der Waals surface area contributed by atoms with Gasteiger partial charge in [0.05, 0.1) is 51.0 Å². The number of rotatable bonds is 11. The van der Waals surface area contributed by atoms with Crippen LogP contribution in [0.15, 0.2) is 76.4 Å². The van der Waals surface area contributed by atoms with E-state index in [9.17, 15) is 4.79 Å². The van der Waals surface area contributed by atoms with Crippen molar-refractivity contribution in [3.63, 3.8) is 0 Å². The molecular weight excluding hydrogens is 502 g/mol. The van der Waals surface area contributed by atoms with Crippen LogP contribution >= 0.6 is 0 Å². The van der Waals surface area contributed by atoms with E-state index in [4.69, 9.17) is 19.6 Å². The van der Waals surface area contributed by atoms with Crippen molar-refractivity contribution in [2.75, 3.05) is 32.9 Å². The summed E-state index contributed by atoms with van der Waals surface area (Å²) in [5.74, 6) is 0.716. The van der Waals surface area contributed by atoms with Crippen molar-refractivity contribution < 1.29 is 9.47 Å². The quantitative estimate of drug-likeness (QED) is 0.253. The highest BCUT2D eigenvalue weighted by Crippen LogP contribution is 2.42. The molecule has 0 saturated carbocycles. The van der Waals surface area contributed by atoms with Gasteiger partial charge < -0.3 is 9.47 Å². The van der Waals surface area contributed by atoms with E-state index in [1.807, 2.05) is 42.0 Å². The third-order valence-corrected chi connectivity index (χ3v) is 7.69. The fourth-order valence-corrected chi connectivity index (χ4v) is 5.35. The summed E-state index contributed by atoms with van der Waals surface area (Å²) < 4.78 is 13.4. The van der Waals surface area contributed by atoms with Gasteiger partial charge in [-0.05, 0) is 42.5 Å². The largest absolute Gasteiger partial charge is 0.492 e. The molecule has 6 rings (SSSR count). The predicted molar refractivity (Wildman–Crippen MR) is 156 cm³/mol. The van der Waals surface area contributed by atoms with Crippen molar-refractivity contribution in [2.45, 2.75) is 45.1 Å². The SMILES string of the molecule is CCOc1cnc(-c2cccc(C(C)c3nn(C4C=NN(CCOCC5=CCCC=C5)C4)ccc3=O)c2)c2c1C2. The van der Waals surface area contributed by atoms with Gasteiger partial charge in [0.2, 0.25) is 5.43 Å². The number of allylic oxidation sites excluding steroid dienone is 2. The van der Waals surface area contributed by atoms with E-state index in [1.165, 1.54) is 16.7 Å². The number of fused-ring (bicyclic) bond motifs is 1. The highest BCUT2D eigenvalue weighted by Gasteiger charge is 2.28. The van der Waals surface area contributed by atoms with E-state index in [0.29, 0.717) is 38.6 Å². The molecule has 8 heteroatoms. The number of hydrogen-bond donors (Lipinski definition) is 0. The molecule has 0 bridgehead atoms. The van der Waals surface area contributed by atoms with Gasteiger partial charge in [0, 0.05) is 35.7 Å². The molecule has 0 fully saturated rings. The average Bonchev–Trinajstić information content (AvgIpc) is 3.66. The van der Waals surface area contributed by atoms with Crippen LogP contribution in [0, 0.1) is 0 Å². The van der Waals surface area contributed by atoms with E-state index >= 15 is 0 Å². The molecule has 2 atom stereocenters. The zero-order valence-corrected chi connectivity index (χ0v) is 23.1. The molecule has 0 radical (unpaired) electrons. The summed E-state index contributed by atoms with van der Waals surface area (Å²) in [4.78, 5) is 17.6. The normalized spacial score (nSPS) is 18.0. The number of nitrogens with zero attached hydrogens (tertiary/aromatic N) is 5. The molecule has 8 nitrogen and oxygen atoms in total. The maximum Gasteiger partial charge on any atom is 0.203 e. The number of hydrogen-bond acceptors (Lipinski definition) is 7. The standard InChI is InChI=1S/C32H35N5O3/c1-3-40-30-19-33-32(28-17-27(28)30)25-11-7-10-24(16-25)22(2)31-29(38)12-13-37(35-31)26-18-34-36(20-26)14-15-39-21-23-8-5-4-6-9-23/h5,7-13,16,18-19,22,26H,3-4,6,14-15,17,20-21H2,1-2H3. The Bertz CT molecular complexity index is 1540. The van der Waals surface area contributed by atoms with Crippen LogP contribution in [-0.4, -0.2) is 58.9 Å². The lowest BCUT2D eigenvalue weighted by Crippen LogP contribution is -2.27. The molecule has 2 aliphatic carbocycles. The minimum Gasteiger partial charge on any atom is -0.492 e. The van der Waals surface area contributed by atoms with Crippen molar-refractivity contribution in [1.82, 2.24) is 19.8 Å². The zero-order chi connectivity index (χ0) is 27.5. The molecular formula is C32H35N5O3. The van der Waals surface area contributed by atoms with Gasteiger partial charge in [-0.15, -0.1) is 0 Å². The Kier molecular flexibility index (Phi) is 7.60. The first-order chi connectivity index (χ1) is 19.6. The minimum absolute atomic E-state index is 0.0370. The second-order valence-corrected chi connectivity index (χ2v) is 10.5. The van der Waals surface area contributed by atoms with Crippen LogP contribution < -0.4 is 10.2 Å². The maximum absolute atomic E-state index is 12.9. The topological polar surface area (TPSA) is 81.8 Å². The van der Waals surface area contributed by atoms with Gasteiger partial charge in [-0.2, -0.15) is 10.2 Å². The molecule has 2 aromatic heterocycles. The molecule has 0 spiro atoms. The van der Waals surface area contributed by atoms with Crippen molar-refractivity contribution in [3.8, 4) is 17.0 Å². The van der Waals surface area contributed by atoms with Gasteiger partial charge in [0.15, 0.2) is 0 Å².